The molecule has 2 rings (SSSR count). The van der Waals surface area contributed by atoms with Gasteiger partial charge >= 0.3 is 0 Å². The zero-order chi connectivity index (χ0) is 12.1. The van der Waals surface area contributed by atoms with E-state index < -0.39 is 0 Å². The molecule has 92 valence electrons. The third kappa shape index (κ3) is 3.93. The molecule has 4 heteroatoms. The lowest BCUT2D eigenvalue weighted by Gasteiger charge is -2.18. The topological polar surface area (TPSA) is 50.4 Å². The van der Waals surface area contributed by atoms with Gasteiger partial charge in [0.15, 0.2) is 5.96 Å². The van der Waals surface area contributed by atoms with Gasteiger partial charge in [0, 0.05) is 10.7 Å². The number of nitrogens with zero attached hydrogens (tertiary/aromatic N) is 1. The van der Waals surface area contributed by atoms with E-state index in [0.29, 0.717) is 12.0 Å². The molecular formula is C13H18ClN3. The number of benzene rings is 1. The Morgan fingerprint density at radius 2 is 1.82 bits per heavy atom. The molecule has 0 aromatic heterocycles. The quantitative estimate of drug-likeness (QED) is 0.625. The Bertz CT molecular complexity index is 380. The van der Waals surface area contributed by atoms with Crippen molar-refractivity contribution in [3.05, 3.63) is 29.3 Å². The van der Waals surface area contributed by atoms with E-state index >= 15 is 0 Å². The zero-order valence-corrected chi connectivity index (χ0v) is 10.6. The van der Waals surface area contributed by atoms with Crippen molar-refractivity contribution >= 4 is 23.2 Å². The molecule has 1 fully saturated rings. The van der Waals surface area contributed by atoms with Crippen molar-refractivity contribution in [2.75, 3.05) is 5.32 Å². The van der Waals surface area contributed by atoms with Gasteiger partial charge < -0.3 is 11.1 Å². The third-order valence-corrected chi connectivity index (χ3v) is 3.26. The first kappa shape index (κ1) is 12.2. The average Bonchev–Trinajstić information content (AvgIpc) is 2.33. The van der Waals surface area contributed by atoms with Gasteiger partial charge in [-0.1, -0.05) is 30.9 Å². The number of rotatable bonds is 2. The molecule has 1 aromatic carbocycles. The summed E-state index contributed by atoms with van der Waals surface area (Å²) in [6, 6.07) is 7.84. The van der Waals surface area contributed by atoms with Crippen LogP contribution in [0, 0.1) is 0 Å². The number of anilines is 1. The van der Waals surface area contributed by atoms with Gasteiger partial charge in [-0.05, 0) is 37.1 Å². The summed E-state index contributed by atoms with van der Waals surface area (Å²) in [7, 11) is 0. The van der Waals surface area contributed by atoms with Gasteiger partial charge in [0.05, 0.1) is 6.04 Å². The largest absolute Gasteiger partial charge is 0.370 e. The molecule has 0 aliphatic heterocycles. The number of hydrogen-bond donors (Lipinski definition) is 2. The number of nitrogens with two attached hydrogens (primary N) is 1. The van der Waals surface area contributed by atoms with Crippen molar-refractivity contribution in [3.63, 3.8) is 0 Å². The summed E-state index contributed by atoms with van der Waals surface area (Å²) < 4.78 is 0. The monoisotopic (exact) mass is 251 g/mol. The number of hydrogen-bond acceptors (Lipinski definition) is 1. The Hall–Kier alpha value is -1.22. The number of halogens is 1. The molecule has 1 aliphatic carbocycles. The molecule has 0 saturated heterocycles. The summed E-state index contributed by atoms with van der Waals surface area (Å²) in [5.74, 6) is 0.499. The number of nitrogens with one attached hydrogen (secondary N) is 1. The molecule has 3 N–H and O–H groups in total. The third-order valence-electron chi connectivity index (χ3n) is 3.01. The van der Waals surface area contributed by atoms with Crippen LogP contribution in [0.15, 0.2) is 29.3 Å². The molecule has 1 aromatic rings. The minimum Gasteiger partial charge on any atom is -0.370 e. The van der Waals surface area contributed by atoms with E-state index in [2.05, 4.69) is 10.3 Å². The van der Waals surface area contributed by atoms with E-state index in [1.807, 2.05) is 24.3 Å². The van der Waals surface area contributed by atoms with Gasteiger partial charge in [-0.25, -0.2) is 4.99 Å². The first-order valence-corrected chi connectivity index (χ1v) is 6.48. The molecule has 0 heterocycles. The maximum absolute atomic E-state index is 5.88. The molecule has 0 atom stereocenters. The van der Waals surface area contributed by atoms with Gasteiger partial charge in [0.2, 0.25) is 0 Å². The van der Waals surface area contributed by atoms with E-state index in [1.165, 1.54) is 19.3 Å². The van der Waals surface area contributed by atoms with Crippen molar-refractivity contribution in [1.29, 1.82) is 0 Å². The highest BCUT2D eigenvalue weighted by Gasteiger charge is 2.12. The lowest BCUT2D eigenvalue weighted by molar-refractivity contribution is 0.443. The molecule has 1 aliphatic rings. The van der Waals surface area contributed by atoms with Crippen molar-refractivity contribution in [2.24, 2.45) is 10.7 Å². The predicted octanol–water partition coefficient (Wildman–Crippen LogP) is 3.40. The normalized spacial score (nSPS) is 18.1. The molecule has 3 nitrogen and oxygen atoms in total. The maximum atomic E-state index is 5.88. The lowest BCUT2D eigenvalue weighted by Crippen LogP contribution is -2.25. The van der Waals surface area contributed by atoms with Gasteiger partial charge in [-0.3, -0.25) is 0 Å². The van der Waals surface area contributed by atoms with E-state index in [-0.39, 0.29) is 0 Å². The van der Waals surface area contributed by atoms with Crippen LogP contribution in [0.2, 0.25) is 5.02 Å². The van der Waals surface area contributed by atoms with Gasteiger partial charge in [0.25, 0.3) is 0 Å². The minimum atomic E-state index is 0.392. The Kier molecular flexibility index (Phi) is 4.26. The molecule has 0 unspecified atom stereocenters. The summed E-state index contributed by atoms with van der Waals surface area (Å²) in [5, 5.41) is 3.81. The molecule has 0 radical (unpaired) electrons. The van der Waals surface area contributed by atoms with Crippen LogP contribution in [0.4, 0.5) is 5.69 Å². The van der Waals surface area contributed by atoms with Crippen molar-refractivity contribution in [2.45, 2.75) is 38.1 Å². The Labute approximate surface area is 107 Å². The average molecular weight is 252 g/mol. The summed E-state index contributed by atoms with van der Waals surface area (Å²) in [6.07, 6.45) is 6.17. The van der Waals surface area contributed by atoms with E-state index in [1.54, 1.807) is 0 Å². The summed E-state index contributed by atoms with van der Waals surface area (Å²) >= 11 is 5.81. The first-order chi connectivity index (χ1) is 8.24. The van der Waals surface area contributed by atoms with Crippen LogP contribution in [0.5, 0.6) is 0 Å². The highest BCUT2D eigenvalue weighted by atomic mass is 35.5. The van der Waals surface area contributed by atoms with E-state index in [4.69, 9.17) is 17.3 Å². The second-order valence-electron chi connectivity index (χ2n) is 4.44. The fourth-order valence-corrected chi connectivity index (χ4v) is 2.25. The smallest absolute Gasteiger partial charge is 0.193 e. The van der Waals surface area contributed by atoms with Crippen molar-refractivity contribution in [1.82, 2.24) is 0 Å². The van der Waals surface area contributed by atoms with E-state index in [0.717, 1.165) is 23.6 Å². The number of guanidine groups is 1. The van der Waals surface area contributed by atoms with Crippen LogP contribution >= 0.6 is 11.6 Å². The SMILES string of the molecule is NC(=NC1CCCCC1)Nc1ccc(Cl)cc1. The van der Waals surface area contributed by atoms with E-state index in [9.17, 15) is 0 Å². The summed E-state index contributed by atoms with van der Waals surface area (Å²) in [4.78, 5) is 4.50. The summed E-state index contributed by atoms with van der Waals surface area (Å²) in [6.45, 7) is 0. The molecule has 0 bridgehead atoms. The molecule has 17 heavy (non-hydrogen) atoms. The second kappa shape index (κ2) is 5.92. The predicted molar refractivity (Wildman–Crippen MR) is 73.6 cm³/mol. The lowest BCUT2D eigenvalue weighted by atomic mass is 9.96. The molecular weight excluding hydrogens is 234 g/mol. The minimum absolute atomic E-state index is 0.392. The Morgan fingerprint density at radius 1 is 1.18 bits per heavy atom. The molecule has 0 amide bonds. The van der Waals surface area contributed by atoms with Crippen molar-refractivity contribution < 1.29 is 0 Å². The van der Waals surface area contributed by atoms with Crippen LogP contribution in [0.3, 0.4) is 0 Å². The fourth-order valence-electron chi connectivity index (χ4n) is 2.12. The maximum Gasteiger partial charge on any atom is 0.193 e. The van der Waals surface area contributed by atoms with Gasteiger partial charge in [-0.2, -0.15) is 0 Å². The standard InChI is InChI=1S/C13H18ClN3/c14-10-6-8-12(9-7-10)17-13(15)16-11-4-2-1-3-5-11/h6-9,11H,1-5H2,(H3,15,16,17). The molecule has 0 spiro atoms. The Morgan fingerprint density at radius 3 is 2.47 bits per heavy atom. The van der Waals surface area contributed by atoms with Crippen LogP contribution in [0.25, 0.3) is 0 Å². The van der Waals surface area contributed by atoms with Crippen molar-refractivity contribution in [3.8, 4) is 0 Å². The van der Waals surface area contributed by atoms with Gasteiger partial charge in [-0.15, -0.1) is 0 Å². The second-order valence-corrected chi connectivity index (χ2v) is 4.87. The highest BCUT2D eigenvalue weighted by Crippen LogP contribution is 2.20. The number of aliphatic imine (C=N–C) groups is 1. The zero-order valence-electron chi connectivity index (χ0n) is 9.82. The van der Waals surface area contributed by atoms with Crippen LogP contribution < -0.4 is 11.1 Å². The van der Waals surface area contributed by atoms with Crippen LogP contribution in [-0.4, -0.2) is 12.0 Å². The Balaban J connectivity index is 1.93. The fraction of sp³-hybridized carbons (Fsp3) is 0.462. The first-order valence-electron chi connectivity index (χ1n) is 6.10. The van der Waals surface area contributed by atoms with Crippen LogP contribution in [-0.2, 0) is 0 Å². The summed E-state index contributed by atoms with van der Waals surface area (Å²) in [5.41, 5.74) is 6.80. The molecule has 1 saturated carbocycles. The van der Waals surface area contributed by atoms with Gasteiger partial charge in [0.1, 0.15) is 0 Å². The highest BCUT2D eigenvalue weighted by molar-refractivity contribution is 6.30. The van der Waals surface area contributed by atoms with Crippen LogP contribution in [0.1, 0.15) is 32.1 Å².